The molecule has 2 N–H and O–H groups in total. The Labute approximate surface area is 115 Å². The Balaban J connectivity index is 2.30. The van der Waals surface area contributed by atoms with Crippen molar-refractivity contribution in [2.75, 3.05) is 12.3 Å². The van der Waals surface area contributed by atoms with Crippen molar-refractivity contribution in [3.05, 3.63) is 24.0 Å². The smallest absolute Gasteiger partial charge is 0.311 e. The predicted octanol–water partition coefficient (Wildman–Crippen LogP) is 2.97. The molecule has 0 fully saturated rings. The van der Waals surface area contributed by atoms with Gasteiger partial charge in [0.2, 0.25) is 0 Å². The van der Waals surface area contributed by atoms with Crippen LogP contribution in [0.15, 0.2) is 18.3 Å². The molecule has 0 radical (unpaired) electrons. The van der Waals surface area contributed by atoms with Gasteiger partial charge in [0.05, 0.1) is 23.9 Å². The number of nitrogens with zero attached hydrogens (tertiary/aromatic N) is 1. The van der Waals surface area contributed by atoms with Crippen molar-refractivity contribution in [1.82, 2.24) is 4.98 Å². The van der Waals surface area contributed by atoms with Gasteiger partial charge in [-0.1, -0.05) is 6.42 Å². The number of carbonyl (C=O) groups is 1. The van der Waals surface area contributed by atoms with Crippen molar-refractivity contribution >= 4 is 11.7 Å². The molecule has 0 unspecified atom stereocenters. The summed E-state index contributed by atoms with van der Waals surface area (Å²) in [5, 5.41) is 0. The first kappa shape index (κ1) is 15.5. The summed E-state index contributed by atoms with van der Waals surface area (Å²) in [5.41, 5.74) is 6.92. The molecule has 0 aromatic carbocycles. The molecule has 1 rings (SSSR count). The summed E-state index contributed by atoms with van der Waals surface area (Å²) in [6, 6.07) is 3.82. The molecule has 1 aromatic rings. The summed E-state index contributed by atoms with van der Waals surface area (Å²) < 4.78 is 5.07. The SMILES string of the molecule is CCOC(=O)C(C)(C)CCCCc1ccc(N)cn1. The van der Waals surface area contributed by atoms with Gasteiger partial charge in [-0.3, -0.25) is 9.78 Å². The fourth-order valence-corrected chi connectivity index (χ4v) is 1.89. The molecule has 0 atom stereocenters. The Bertz CT molecular complexity index is 399. The van der Waals surface area contributed by atoms with Gasteiger partial charge in [-0.2, -0.15) is 0 Å². The Kier molecular flexibility index (Phi) is 5.80. The summed E-state index contributed by atoms with van der Waals surface area (Å²) in [5.74, 6) is -0.111. The van der Waals surface area contributed by atoms with Gasteiger partial charge in [-0.15, -0.1) is 0 Å². The number of aromatic nitrogens is 1. The van der Waals surface area contributed by atoms with Crippen LogP contribution in [-0.4, -0.2) is 17.6 Å². The van der Waals surface area contributed by atoms with E-state index in [0.29, 0.717) is 12.3 Å². The van der Waals surface area contributed by atoms with E-state index in [1.165, 1.54) is 0 Å². The Morgan fingerprint density at radius 3 is 2.68 bits per heavy atom. The van der Waals surface area contributed by atoms with Gasteiger partial charge < -0.3 is 10.5 Å². The van der Waals surface area contributed by atoms with Crippen LogP contribution in [0.25, 0.3) is 0 Å². The van der Waals surface area contributed by atoms with Crippen LogP contribution in [0.5, 0.6) is 0 Å². The van der Waals surface area contributed by atoms with Crippen LogP contribution in [0.1, 0.15) is 45.7 Å². The fourth-order valence-electron chi connectivity index (χ4n) is 1.89. The van der Waals surface area contributed by atoms with E-state index in [-0.39, 0.29) is 5.97 Å². The lowest BCUT2D eigenvalue weighted by molar-refractivity contribution is -0.153. The highest BCUT2D eigenvalue weighted by molar-refractivity contribution is 5.75. The van der Waals surface area contributed by atoms with Crippen molar-refractivity contribution in [2.24, 2.45) is 5.41 Å². The molecule has 4 heteroatoms. The summed E-state index contributed by atoms with van der Waals surface area (Å²) in [6.45, 7) is 6.15. The number of unbranched alkanes of at least 4 members (excludes halogenated alkanes) is 1. The molecular formula is C15H24N2O2. The molecule has 0 spiro atoms. The largest absolute Gasteiger partial charge is 0.466 e. The van der Waals surface area contributed by atoms with Gasteiger partial charge in [0, 0.05) is 5.69 Å². The van der Waals surface area contributed by atoms with E-state index >= 15 is 0 Å². The highest BCUT2D eigenvalue weighted by atomic mass is 16.5. The topological polar surface area (TPSA) is 65.2 Å². The molecule has 0 aliphatic carbocycles. The lowest BCUT2D eigenvalue weighted by atomic mass is 9.87. The quantitative estimate of drug-likeness (QED) is 0.607. The van der Waals surface area contributed by atoms with Crippen molar-refractivity contribution in [2.45, 2.75) is 46.5 Å². The van der Waals surface area contributed by atoms with Crippen molar-refractivity contribution in [3.8, 4) is 0 Å². The number of nitrogen functional groups attached to an aromatic ring is 1. The third-order valence-corrected chi connectivity index (χ3v) is 3.16. The normalized spacial score (nSPS) is 11.3. The van der Waals surface area contributed by atoms with Crippen molar-refractivity contribution in [1.29, 1.82) is 0 Å². The van der Waals surface area contributed by atoms with Crippen LogP contribution in [0, 0.1) is 5.41 Å². The van der Waals surface area contributed by atoms with Crippen molar-refractivity contribution < 1.29 is 9.53 Å². The molecule has 0 aliphatic heterocycles. The lowest BCUT2D eigenvalue weighted by Gasteiger charge is -2.21. The van der Waals surface area contributed by atoms with E-state index in [1.807, 2.05) is 32.9 Å². The number of anilines is 1. The van der Waals surface area contributed by atoms with E-state index in [0.717, 1.165) is 31.4 Å². The zero-order chi connectivity index (χ0) is 14.3. The Hall–Kier alpha value is -1.58. The maximum atomic E-state index is 11.7. The summed E-state index contributed by atoms with van der Waals surface area (Å²) in [6.07, 6.45) is 5.43. The molecule has 4 nitrogen and oxygen atoms in total. The van der Waals surface area contributed by atoms with E-state index in [4.69, 9.17) is 10.5 Å². The number of ether oxygens (including phenoxy) is 1. The molecule has 0 saturated heterocycles. The van der Waals surface area contributed by atoms with Gasteiger partial charge in [0.1, 0.15) is 0 Å². The number of carbonyl (C=O) groups excluding carboxylic acids is 1. The van der Waals surface area contributed by atoms with E-state index in [2.05, 4.69) is 4.98 Å². The van der Waals surface area contributed by atoms with Crippen LogP contribution >= 0.6 is 0 Å². The van der Waals surface area contributed by atoms with Crippen LogP contribution in [-0.2, 0) is 16.0 Å². The number of pyridine rings is 1. The summed E-state index contributed by atoms with van der Waals surface area (Å²) in [4.78, 5) is 16.0. The average molecular weight is 264 g/mol. The zero-order valence-corrected chi connectivity index (χ0v) is 12.1. The summed E-state index contributed by atoms with van der Waals surface area (Å²) >= 11 is 0. The second-order valence-corrected chi connectivity index (χ2v) is 5.39. The van der Waals surface area contributed by atoms with Gasteiger partial charge in [0.15, 0.2) is 0 Å². The van der Waals surface area contributed by atoms with Crippen molar-refractivity contribution in [3.63, 3.8) is 0 Å². The third kappa shape index (κ3) is 5.28. The van der Waals surface area contributed by atoms with E-state index in [9.17, 15) is 4.79 Å². The minimum atomic E-state index is -0.398. The van der Waals surface area contributed by atoms with Gasteiger partial charge in [0.25, 0.3) is 0 Å². The molecule has 0 amide bonds. The van der Waals surface area contributed by atoms with E-state index in [1.54, 1.807) is 6.20 Å². The molecule has 1 heterocycles. The first-order chi connectivity index (χ1) is 8.95. The molecule has 19 heavy (non-hydrogen) atoms. The predicted molar refractivity (Wildman–Crippen MR) is 76.6 cm³/mol. The second kappa shape index (κ2) is 7.12. The maximum Gasteiger partial charge on any atom is 0.311 e. The van der Waals surface area contributed by atoms with Gasteiger partial charge in [-0.05, 0) is 52.2 Å². The number of esters is 1. The summed E-state index contributed by atoms with van der Waals surface area (Å²) in [7, 11) is 0. The molecule has 0 saturated carbocycles. The van der Waals surface area contributed by atoms with Gasteiger partial charge in [-0.25, -0.2) is 0 Å². The number of aryl methyl sites for hydroxylation is 1. The molecular weight excluding hydrogens is 240 g/mol. The number of nitrogens with two attached hydrogens (primary N) is 1. The first-order valence-electron chi connectivity index (χ1n) is 6.83. The zero-order valence-electron chi connectivity index (χ0n) is 12.1. The molecule has 106 valence electrons. The highest BCUT2D eigenvalue weighted by Crippen LogP contribution is 2.25. The minimum absolute atomic E-state index is 0.111. The lowest BCUT2D eigenvalue weighted by Crippen LogP contribution is -2.26. The first-order valence-corrected chi connectivity index (χ1v) is 6.83. The number of hydrogen-bond donors (Lipinski definition) is 1. The standard InChI is InChI=1S/C15H24N2O2/c1-4-19-14(18)15(2,3)10-6-5-7-13-9-8-12(16)11-17-13/h8-9,11H,4-7,10,16H2,1-3H3. The fraction of sp³-hybridized carbons (Fsp3) is 0.600. The third-order valence-electron chi connectivity index (χ3n) is 3.16. The van der Waals surface area contributed by atoms with Crippen LogP contribution < -0.4 is 5.73 Å². The molecule has 1 aromatic heterocycles. The number of rotatable bonds is 7. The second-order valence-electron chi connectivity index (χ2n) is 5.39. The minimum Gasteiger partial charge on any atom is -0.466 e. The molecule has 0 aliphatic rings. The highest BCUT2D eigenvalue weighted by Gasteiger charge is 2.28. The van der Waals surface area contributed by atoms with Crippen LogP contribution in [0.4, 0.5) is 5.69 Å². The van der Waals surface area contributed by atoms with Crippen LogP contribution in [0.3, 0.4) is 0 Å². The van der Waals surface area contributed by atoms with E-state index < -0.39 is 5.41 Å². The Morgan fingerprint density at radius 2 is 2.11 bits per heavy atom. The molecule has 0 bridgehead atoms. The number of hydrogen-bond acceptors (Lipinski definition) is 4. The maximum absolute atomic E-state index is 11.7. The van der Waals surface area contributed by atoms with Crippen LogP contribution in [0.2, 0.25) is 0 Å². The monoisotopic (exact) mass is 264 g/mol. The Morgan fingerprint density at radius 1 is 1.37 bits per heavy atom. The average Bonchev–Trinajstić information content (AvgIpc) is 2.37. The van der Waals surface area contributed by atoms with Gasteiger partial charge >= 0.3 is 5.97 Å².